The molecule has 1 aromatic carbocycles. The summed E-state index contributed by atoms with van der Waals surface area (Å²) in [7, 11) is 1.60. The van der Waals surface area contributed by atoms with E-state index in [2.05, 4.69) is 0 Å². The zero-order valence-electron chi connectivity index (χ0n) is 16.0. The number of aliphatic carboxylic acids is 1. The highest BCUT2D eigenvalue weighted by atomic mass is 16.5. The van der Waals surface area contributed by atoms with Crippen molar-refractivity contribution in [3.63, 3.8) is 0 Å². The van der Waals surface area contributed by atoms with Crippen LogP contribution in [0.4, 0.5) is 0 Å². The molecule has 27 heavy (non-hydrogen) atoms. The minimum Gasteiger partial charge on any atom is -0.496 e. The van der Waals surface area contributed by atoms with Gasteiger partial charge < -0.3 is 19.6 Å². The second-order valence-corrected chi connectivity index (χ2v) is 7.68. The third-order valence-corrected chi connectivity index (χ3v) is 5.95. The third kappa shape index (κ3) is 3.63. The average Bonchev–Trinajstić information content (AvgIpc) is 3.02. The van der Waals surface area contributed by atoms with Crippen molar-refractivity contribution < 1.29 is 24.2 Å². The second-order valence-electron chi connectivity index (χ2n) is 7.68. The molecule has 2 aliphatic heterocycles. The Morgan fingerprint density at radius 3 is 2.37 bits per heavy atom. The summed E-state index contributed by atoms with van der Waals surface area (Å²) in [5, 5.41) is 9.44. The molecule has 0 saturated carbocycles. The first kappa shape index (κ1) is 19.2. The van der Waals surface area contributed by atoms with Gasteiger partial charge in [-0.2, -0.15) is 0 Å². The highest BCUT2D eigenvalue weighted by molar-refractivity contribution is 5.94. The molecule has 2 saturated heterocycles. The van der Waals surface area contributed by atoms with Gasteiger partial charge in [0, 0.05) is 32.1 Å². The van der Waals surface area contributed by atoms with E-state index in [1.54, 1.807) is 19.2 Å². The number of hydrogen-bond acceptors (Lipinski definition) is 4. The minimum absolute atomic E-state index is 0.0215. The van der Waals surface area contributed by atoms with Crippen molar-refractivity contribution in [1.82, 2.24) is 9.80 Å². The molecule has 7 nitrogen and oxygen atoms in total. The van der Waals surface area contributed by atoms with Crippen molar-refractivity contribution >= 4 is 17.8 Å². The molecule has 2 heterocycles. The Kier molecular flexibility index (Phi) is 5.13. The Balaban J connectivity index is 1.68. The molecule has 1 atom stereocenters. The molecule has 1 aromatic rings. The summed E-state index contributed by atoms with van der Waals surface area (Å²) in [6, 6.07) is 4.65. The quantitative estimate of drug-likeness (QED) is 0.874. The molecule has 1 spiro atoms. The Hall–Kier alpha value is -2.57. The van der Waals surface area contributed by atoms with Crippen molar-refractivity contribution in [2.24, 2.45) is 5.41 Å². The van der Waals surface area contributed by atoms with Crippen LogP contribution in [0.15, 0.2) is 18.2 Å². The van der Waals surface area contributed by atoms with E-state index in [-0.39, 0.29) is 17.2 Å². The first-order valence-electron chi connectivity index (χ1n) is 9.20. The molecule has 3 rings (SSSR count). The van der Waals surface area contributed by atoms with Gasteiger partial charge in [-0.3, -0.25) is 9.59 Å². The minimum atomic E-state index is -0.950. The van der Waals surface area contributed by atoms with Gasteiger partial charge >= 0.3 is 5.97 Å². The van der Waals surface area contributed by atoms with Crippen LogP contribution in [0.2, 0.25) is 0 Å². The standard InChI is InChI=1S/C20H26N2O5/c1-13-10-15(4-5-17(13)27-3)18(24)21-8-6-20(7-9-21)11-16(19(25)26)22(12-20)14(2)23/h4-5,10,16H,6-9,11-12H2,1-3H3,(H,25,26)/t16-/m0/s1. The van der Waals surface area contributed by atoms with Crippen LogP contribution < -0.4 is 4.74 Å². The van der Waals surface area contributed by atoms with Gasteiger partial charge in [0.25, 0.3) is 5.91 Å². The highest BCUT2D eigenvalue weighted by Crippen LogP contribution is 2.43. The summed E-state index contributed by atoms with van der Waals surface area (Å²) in [5.74, 6) is -0.424. The number of carbonyl (C=O) groups is 3. The molecule has 2 aliphatic rings. The number of nitrogens with zero attached hydrogens (tertiary/aromatic N) is 2. The Morgan fingerprint density at radius 1 is 1.22 bits per heavy atom. The van der Waals surface area contributed by atoms with E-state index in [0.717, 1.165) is 11.3 Å². The van der Waals surface area contributed by atoms with E-state index >= 15 is 0 Å². The van der Waals surface area contributed by atoms with Crippen molar-refractivity contribution in [2.75, 3.05) is 26.7 Å². The van der Waals surface area contributed by atoms with Gasteiger partial charge in [0.05, 0.1) is 7.11 Å². The normalized spacial score (nSPS) is 21.4. The fourth-order valence-electron chi connectivity index (χ4n) is 4.35. The van der Waals surface area contributed by atoms with E-state index in [1.165, 1.54) is 11.8 Å². The zero-order chi connectivity index (χ0) is 19.8. The number of carboxylic acid groups (broad SMARTS) is 1. The van der Waals surface area contributed by atoms with Crippen LogP contribution in [0.25, 0.3) is 0 Å². The number of carbonyl (C=O) groups excluding carboxylic acids is 2. The van der Waals surface area contributed by atoms with Crippen LogP contribution >= 0.6 is 0 Å². The summed E-state index contributed by atoms with van der Waals surface area (Å²) in [4.78, 5) is 39.4. The lowest BCUT2D eigenvalue weighted by molar-refractivity contribution is -0.147. The number of piperidine rings is 1. The summed E-state index contributed by atoms with van der Waals surface area (Å²) < 4.78 is 5.24. The van der Waals surface area contributed by atoms with E-state index in [9.17, 15) is 19.5 Å². The lowest BCUT2D eigenvalue weighted by atomic mass is 9.76. The van der Waals surface area contributed by atoms with Crippen LogP contribution in [0, 0.1) is 12.3 Å². The molecule has 2 fully saturated rings. The van der Waals surface area contributed by atoms with E-state index in [0.29, 0.717) is 44.5 Å². The SMILES string of the molecule is COc1ccc(C(=O)N2CCC3(CC2)C[C@@H](C(=O)O)N(C(C)=O)C3)cc1C. The van der Waals surface area contributed by atoms with Crippen LogP contribution in [0.5, 0.6) is 5.75 Å². The Bertz CT molecular complexity index is 744. The van der Waals surface area contributed by atoms with E-state index in [4.69, 9.17) is 4.74 Å². The first-order chi connectivity index (χ1) is 12.8. The maximum Gasteiger partial charge on any atom is 0.326 e. The van der Waals surface area contributed by atoms with Gasteiger partial charge in [-0.1, -0.05) is 0 Å². The fourth-order valence-corrected chi connectivity index (χ4v) is 4.35. The number of hydrogen-bond donors (Lipinski definition) is 1. The molecular weight excluding hydrogens is 348 g/mol. The number of carboxylic acids is 1. The lowest BCUT2D eigenvalue weighted by Gasteiger charge is -2.39. The molecule has 1 N–H and O–H groups in total. The van der Waals surface area contributed by atoms with Crippen molar-refractivity contribution in [1.29, 1.82) is 0 Å². The monoisotopic (exact) mass is 374 g/mol. The molecule has 146 valence electrons. The number of methoxy groups -OCH3 is 1. The van der Waals surface area contributed by atoms with Crippen LogP contribution in [0.3, 0.4) is 0 Å². The predicted molar refractivity (Wildman–Crippen MR) is 98.7 cm³/mol. The first-order valence-corrected chi connectivity index (χ1v) is 9.20. The Morgan fingerprint density at radius 2 is 1.89 bits per heavy atom. The largest absolute Gasteiger partial charge is 0.496 e. The van der Waals surface area contributed by atoms with Crippen molar-refractivity contribution in [3.05, 3.63) is 29.3 Å². The topological polar surface area (TPSA) is 87.2 Å². The molecule has 7 heteroatoms. The number of amides is 2. The lowest BCUT2D eigenvalue weighted by Crippen LogP contribution is -2.44. The van der Waals surface area contributed by atoms with Crippen molar-refractivity contribution in [3.8, 4) is 5.75 Å². The number of aryl methyl sites for hydroxylation is 1. The molecule has 0 radical (unpaired) electrons. The maximum atomic E-state index is 12.8. The van der Waals surface area contributed by atoms with Crippen LogP contribution in [0.1, 0.15) is 42.1 Å². The van der Waals surface area contributed by atoms with E-state index in [1.807, 2.05) is 17.9 Å². The van der Waals surface area contributed by atoms with Crippen LogP contribution in [-0.4, -0.2) is 65.5 Å². The van der Waals surface area contributed by atoms with Crippen molar-refractivity contribution in [2.45, 2.75) is 39.2 Å². The molecule has 0 aliphatic carbocycles. The van der Waals surface area contributed by atoms with Crippen LogP contribution in [-0.2, 0) is 9.59 Å². The average molecular weight is 374 g/mol. The number of benzene rings is 1. The van der Waals surface area contributed by atoms with Gasteiger partial charge in [0.1, 0.15) is 11.8 Å². The number of rotatable bonds is 3. The maximum absolute atomic E-state index is 12.8. The summed E-state index contributed by atoms with van der Waals surface area (Å²) in [6.07, 6.45) is 1.88. The van der Waals surface area contributed by atoms with Gasteiger partial charge in [-0.25, -0.2) is 4.79 Å². The smallest absolute Gasteiger partial charge is 0.326 e. The summed E-state index contributed by atoms with van der Waals surface area (Å²) >= 11 is 0. The number of likely N-dealkylation sites (tertiary alicyclic amines) is 2. The van der Waals surface area contributed by atoms with Gasteiger partial charge in [0.15, 0.2) is 0 Å². The van der Waals surface area contributed by atoms with Gasteiger partial charge in [-0.05, 0) is 55.4 Å². The van der Waals surface area contributed by atoms with E-state index < -0.39 is 12.0 Å². The molecule has 2 amide bonds. The highest BCUT2D eigenvalue weighted by Gasteiger charge is 2.49. The molecule has 0 bridgehead atoms. The number of ether oxygens (including phenoxy) is 1. The second kappa shape index (κ2) is 7.21. The Labute approximate surface area is 158 Å². The third-order valence-electron chi connectivity index (χ3n) is 5.95. The molecule has 0 aromatic heterocycles. The summed E-state index contributed by atoms with van der Waals surface area (Å²) in [5.41, 5.74) is 1.33. The zero-order valence-corrected chi connectivity index (χ0v) is 16.0. The molecule has 0 unspecified atom stereocenters. The fraction of sp³-hybridized carbons (Fsp3) is 0.550. The summed E-state index contributed by atoms with van der Waals surface area (Å²) in [6.45, 7) is 4.92. The van der Waals surface area contributed by atoms with Gasteiger partial charge in [-0.15, -0.1) is 0 Å². The van der Waals surface area contributed by atoms with Gasteiger partial charge in [0.2, 0.25) is 5.91 Å². The predicted octanol–water partition coefficient (Wildman–Crippen LogP) is 1.93. The molecular formula is C20H26N2O5.